The summed E-state index contributed by atoms with van der Waals surface area (Å²) in [5.74, 6) is 0.661. The van der Waals surface area contributed by atoms with Gasteiger partial charge in [-0.1, -0.05) is 119 Å². The summed E-state index contributed by atoms with van der Waals surface area (Å²) in [5.41, 5.74) is 2.97. The number of hydrogen-bond donors (Lipinski definition) is 0. The lowest BCUT2D eigenvalue weighted by Gasteiger charge is -2.18. The molecule has 0 N–H and O–H groups in total. The molecule has 1 atom stereocenters. The lowest BCUT2D eigenvalue weighted by atomic mass is 9.87. The summed E-state index contributed by atoms with van der Waals surface area (Å²) in [4.78, 5) is 0. The maximum atomic E-state index is 2.30. The van der Waals surface area contributed by atoms with Crippen LogP contribution in [0.5, 0.6) is 0 Å². The first-order chi connectivity index (χ1) is 11.9. The lowest BCUT2D eigenvalue weighted by Crippen LogP contribution is -2.03. The van der Waals surface area contributed by atoms with E-state index in [0.29, 0.717) is 5.92 Å². The van der Waals surface area contributed by atoms with Gasteiger partial charge in [0.15, 0.2) is 0 Å². The van der Waals surface area contributed by atoms with E-state index in [1.165, 1.54) is 75.3 Å². The van der Waals surface area contributed by atoms with Gasteiger partial charge in [-0.3, -0.25) is 0 Å². The topological polar surface area (TPSA) is 0 Å². The van der Waals surface area contributed by atoms with E-state index in [1.807, 2.05) is 0 Å². The Bertz CT molecular complexity index is 514. The average Bonchev–Trinajstić information content (AvgIpc) is 2.64. The Balaban J connectivity index is 1.77. The highest BCUT2D eigenvalue weighted by atomic mass is 14.2. The monoisotopic (exact) mass is 322 g/mol. The third-order valence-corrected chi connectivity index (χ3v) is 5.00. The highest BCUT2D eigenvalue weighted by molar-refractivity contribution is 5.24. The summed E-state index contributed by atoms with van der Waals surface area (Å²) in [6.45, 7) is 2.29. The molecule has 0 radical (unpaired) electrons. The zero-order valence-electron chi connectivity index (χ0n) is 15.4. The fraction of sp³-hybridized carbons (Fsp3) is 0.500. The molecule has 0 spiro atoms. The second kappa shape index (κ2) is 11.9. The Kier molecular flexibility index (Phi) is 9.31. The Morgan fingerprint density at radius 2 is 1.17 bits per heavy atom. The first kappa shape index (κ1) is 18.8. The van der Waals surface area contributed by atoms with Crippen LogP contribution in [0.3, 0.4) is 0 Å². The van der Waals surface area contributed by atoms with Gasteiger partial charge in [0.1, 0.15) is 0 Å². The van der Waals surface area contributed by atoms with Crippen LogP contribution < -0.4 is 0 Å². The smallest absolute Gasteiger partial charge is 0.0121 e. The van der Waals surface area contributed by atoms with E-state index in [0.717, 1.165) is 0 Å². The van der Waals surface area contributed by atoms with Crippen LogP contribution >= 0.6 is 0 Å². The fourth-order valence-corrected chi connectivity index (χ4v) is 3.54. The molecule has 0 heteroatoms. The molecule has 0 aliphatic carbocycles. The molecular weight excluding hydrogens is 288 g/mol. The van der Waals surface area contributed by atoms with Gasteiger partial charge < -0.3 is 0 Å². The Hall–Kier alpha value is -1.56. The Morgan fingerprint density at radius 1 is 0.625 bits per heavy atom. The van der Waals surface area contributed by atoms with Gasteiger partial charge in [-0.2, -0.15) is 0 Å². The number of unbranched alkanes of at least 4 members (excludes halogenated alkanes) is 7. The van der Waals surface area contributed by atoms with Crippen LogP contribution in [0.2, 0.25) is 0 Å². The lowest BCUT2D eigenvalue weighted by molar-refractivity contribution is 0.527. The molecule has 0 bridgehead atoms. The molecule has 2 rings (SSSR count). The number of rotatable bonds is 12. The van der Waals surface area contributed by atoms with E-state index in [4.69, 9.17) is 0 Å². The van der Waals surface area contributed by atoms with E-state index in [-0.39, 0.29) is 0 Å². The summed E-state index contributed by atoms with van der Waals surface area (Å²) in [5, 5.41) is 0. The van der Waals surface area contributed by atoms with Gasteiger partial charge in [-0.05, 0) is 29.9 Å². The second-order valence-electron chi connectivity index (χ2n) is 7.06. The molecule has 130 valence electrons. The molecule has 0 heterocycles. The Morgan fingerprint density at radius 3 is 1.79 bits per heavy atom. The van der Waals surface area contributed by atoms with Gasteiger partial charge in [0, 0.05) is 0 Å². The van der Waals surface area contributed by atoms with E-state index >= 15 is 0 Å². The fourth-order valence-electron chi connectivity index (χ4n) is 3.54. The van der Waals surface area contributed by atoms with Crippen molar-refractivity contribution in [2.45, 2.75) is 77.0 Å². The summed E-state index contributed by atoms with van der Waals surface area (Å²) >= 11 is 0. The highest BCUT2D eigenvalue weighted by Crippen LogP contribution is 2.27. The minimum Gasteiger partial charge on any atom is -0.0654 e. The third kappa shape index (κ3) is 7.34. The molecule has 0 aromatic heterocycles. The molecule has 0 aliphatic heterocycles. The first-order valence-electron chi connectivity index (χ1n) is 9.99. The largest absolute Gasteiger partial charge is 0.0654 e. The van der Waals surface area contributed by atoms with Crippen molar-refractivity contribution in [1.82, 2.24) is 0 Å². The molecule has 2 aromatic carbocycles. The SMILES string of the molecule is CCCCCCCCCCC(Cc1ccccc1)c1ccccc1. The van der Waals surface area contributed by atoms with Crippen LogP contribution in [0, 0.1) is 0 Å². The van der Waals surface area contributed by atoms with E-state index < -0.39 is 0 Å². The third-order valence-electron chi connectivity index (χ3n) is 5.00. The normalized spacial score (nSPS) is 12.2. The molecule has 24 heavy (non-hydrogen) atoms. The molecule has 0 amide bonds. The van der Waals surface area contributed by atoms with Gasteiger partial charge in [0.05, 0.1) is 0 Å². The van der Waals surface area contributed by atoms with Crippen molar-refractivity contribution in [3.8, 4) is 0 Å². The zero-order valence-corrected chi connectivity index (χ0v) is 15.4. The van der Waals surface area contributed by atoms with Gasteiger partial charge in [-0.25, -0.2) is 0 Å². The van der Waals surface area contributed by atoms with Gasteiger partial charge in [-0.15, -0.1) is 0 Å². The standard InChI is InChI=1S/C24H34/c1-2-3-4-5-6-7-8-13-20-24(23-18-14-10-15-19-23)21-22-16-11-9-12-17-22/h9-12,14-19,24H,2-8,13,20-21H2,1H3. The van der Waals surface area contributed by atoms with Crippen LogP contribution in [0.15, 0.2) is 60.7 Å². The molecular formula is C24H34. The predicted molar refractivity (Wildman–Crippen MR) is 107 cm³/mol. The summed E-state index contributed by atoms with van der Waals surface area (Å²) in [7, 11) is 0. The molecule has 0 fully saturated rings. The summed E-state index contributed by atoms with van der Waals surface area (Å²) < 4.78 is 0. The maximum absolute atomic E-state index is 2.30. The van der Waals surface area contributed by atoms with Crippen molar-refractivity contribution >= 4 is 0 Å². The van der Waals surface area contributed by atoms with Crippen molar-refractivity contribution < 1.29 is 0 Å². The summed E-state index contributed by atoms with van der Waals surface area (Å²) in [6.07, 6.45) is 13.7. The zero-order chi connectivity index (χ0) is 16.9. The molecule has 0 nitrogen and oxygen atoms in total. The minimum absolute atomic E-state index is 0.661. The highest BCUT2D eigenvalue weighted by Gasteiger charge is 2.11. The predicted octanol–water partition coefficient (Wildman–Crippen LogP) is 7.54. The molecule has 2 aromatic rings. The number of benzene rings is 2. The average molecular weight is 323 g/mol. The molecule has 0 saturated heterocycles. The van der Waals surface area contributed by atoms with Crippen molar-refractivity contribution in [3.63, 3.8) is 0 Å². The van der Waals surface area contributed by atoms with Crippen LogP contribution in [0.1, 0.15) is 81.8 Å². The van der Waals surface area contributed by atoms with Gasteiger partial charge in [0.2, 0.25) is 0 Å². The molecule has 0 aliphatic rings. The summed E-state index contributed by atoms with van der Waals surface area (Å²) in [6, 6.07) is 22.1. The minimum atomic E-state index is 0.661. The maximum Gasteiger partial charge on any atom is -0.0121 e. The number of hydrogen-bond acceptors (Lipinski definition) is 0. The molecule has 1 unspecified atom stereocenters. The van der Waals surface area contributed by atoms with Gasteiger partial charge in [0.25, 0.3) is 0 Å². The van der Waals surface area contributed by atoms with Crippen LogP contribution in [-0.2, 0) is 6.42 Å². The first-order valence-corrected chi connectivity index (χ1v) is 9.99. The molecule has 0 saturated carbocycles. The second-order valence-corrected chi connectivity index (χ2v) is 7.06. The quantitative estimate of drug-likeness (QED) is 0.354. The van der Waals surface area contributed by atoms with Gasteiger partial charge >= 0.3 is 0 Å². The Labute approximate surface area is 149 Å². The van der Waals surface area contributed by atoms with Crippen molar-refractivity contribution in [2.75, 3.05) is 0 Å². The van der Waals surface area contributed by atoms with Crippen molar-refractivity contribution in [3.05, 3.63) is 71.8 Å². The van der Waals surface area contributed by atoms with Crippen LogP contribution in [-0.4, -0.2) is 0 Å². The van der Waals surface area contributed by atoms with E-state index in [1.54, 1.807) is 0 Å². The van der Waals surface area contributed by atoms with Crippen molar-refractivity contribution in [1.29, 1.82) is 0 Å². The van der Waals surface area contributed by atoms with E-state index in [2.05, 4.69) is 67.6 Å². The van der Waals surface area contributed by atoms with Crippen LogP contribution in [0.4, 0.5) is 0 Å². The van der Waals surface area contributed by atoms with Crippen molar-refractivity contribution in [2.24, 2.45) is 0 Å². The van der Waals surface area contributed by atoms with Crippen LogP contribution in [0.25, 0.3) is 0 Å². The van der Waals surface area contributed by atoms with E-state index in [9.17, 15) is 0 Å².